The molecular formula is C12H24N2O. The molecule has 3 heteroatoms. The molecule has 3 nitrogen and oxygen atoms in total. The number of rotatable bonds is 3. The first-order valence-corrected chi connectivity index (χ1v) is 5.45. The summed E-state index contributed by atoms with van der Waals surface area (Å²) in [6.07, 6.45) is 1.77. The van der Waals surface area contributed by atoms with E-state index in [2.05, 4.69) is 45.3 Å². The van der Waals surface area contributed by atoms with Crippen LogP contribution in [0.1, 0.15) is 41.5 Å². The molecule has 0 saturated heterocycles. The lowest BCUT2D eigenvalue weighted by Crippen LogP contribution is -2.35. The summed E-state index contributed by atoms with van der Waals surface area (Å²) in [5, 5.41) is 5.53. The highest BCUT2D eigenvalue weighted by Crippen LogP contribution is 2.23. The Morgan fingerprint density at radius 1 is 1.33 bits per heavy atom. The summed E-state index contributed by atoms with van der Waals surface area (Å²) < 4.78 is 0. The molecule has 2 amide bonds. The zero-order chi connectivity index (χ0) is 12.1. The molecule has 88 valence electrons. The van der Waals surface area contributed by atoms with Gasteiger partial charge in [-0.3, -0.25) is 0 Å². The Morgan fingerprint density at radius 3 is 2.27 bits per heavy atom. The van der Waals surface area contributed by atoms with Crippen molar-refractivity contribution in [2.75, 3.05) is 6.54 Å². The number of hydrogen-bond donors (Lipinski definition) is 2. The summed E-state index contributed by atoms with van der Waals surface area (Å²) in [6.45, 7) is 13.2. The Morgan fingerprint density at radius 2 is 1.87 bits per heavy atom. The monoisotopic (exact) mass is 212 g/mol. The number of carbonyl (C=O) groups excluding carboxylic acids is 1. The smallest absolute Gasteiger partial charge is 0.318 e. The van der Waals surface area contributed by atoms with E-state index >= 15 is 0 Å². The predicted octanol–water partition coefficient (Wildman–Crippen LogP) is 2.89. The molecule has 0 fully saturated rings. The van der Waals surface area contributed by atoms with E-state index in [1.54, 1.807) is 6.20 Å². The first-order chi connectivity index (χ1) is 6.73. The summed E-state index contributed by atoms with van der Waals surface area (Å²) >= 11 is 0. The lowest BCUT2D eigenvalue weighted by Gasteiger charge is -2.19. The van der Waals surface area contributed by atoms with Gasteiger partial charge < -0.3 is 10.6 Å². The normalized spacial score (nSPS) is 12.9. The SMILES string of the molecule is C/C(=C\NC(=O)NCC(C)C)C(C)(C)C. The number of hydrogen-bond acceptors (Lipinski definition) is 1. The third kappa shape index (κ3) is 7.00. The molecule has 2 N–H and O–H groups in total. The quantitative estimate of drug-likeness (QED) is 0.742. The van der Waals surface area contributed by atoms with Crippen molar-refractivity contribution >= 4 is 6.03 Å². The fourth-order valence-electron chi connectivity index (χ4n) is 0.738. The summed E-state index contributed by atoms with van der Waals surface area (Å²) in [5.41, 5.74) is 1.26. The Labute approximate surface area is 93.3 Å². The lowest BCUT2D eigenvalue weighted by molar-refractivity contribution is 0.242. The van der Waals surface area contributed by atoms with Gasteiger partial charge in [0, 0.05) is 12.7 Å². The largest absolute Gasteiger partial charge is 0.338 e. The van der Waals surface area contributed by atoms with E-state index in [1.165, 1.54) is 0 Å². The highest BCUT2D eigenvalue weighted by molar-refractivity contribution is 5.74. The molecule has 0 aromatic heterocycles. The van der Waals surface area contributed by atoms with Crippen LogP contribution < -0.4 is 10.6 Å². The highest BCUT2D eigenvalue weighted by Gasteiger charge is 2.12. The van der Waals surface area contributed by atoms with Crippen LogP contribution in [0.3, 0.4) is 0 Å². The van der Waals surface area contributed by atoms with Crippen LogP contribution in [0.4, 0.5) is 4.79 Å². The van der Waals surface area contributed by atoms with Crippen LogP contribution >= 0.6 is 0 Å². The molecule has 0 aliphatic heterocycles. The van der Waals surface area contributed by atoms with Crippen molar-refractivity contribution in [2.45, 2.75) is 41.5 Å². The van der Waals surface area contributed by atoms with Crippen LogP contribution in [0.5, 0.6) is 0 Å². The van der Waals surface area contributed by atoms with Crippen LogP contribution in [0.15, 0.2) is 11.8 Å². The fraction of sp³-hybridized carbons (Fsp3) is 0.750. The molecule has 0 radical (unpaired) electrons. The van der Waals surface area contributed by atoms with E-state index in [1.807, 2.05) is 6.92 Å². The molecule has 15 heavy (non-hydrogen) atoms. The number of amides is 2. The molecular weight excluding hydrogens is 188 g/mol. The van der Waals surface area contributed by atoms with Gasteiger partial charge in [0.15, 0.2) is 0 Å². The van der Waals surface area contributed by atoms with E-state index in [0.29, 0.717) is 12.5 Å². The molecule has 0 saturated carbocycles. The molecule has 0 aromatic rings. The van der Waals surface area contributed by atoms with Crippen molar-refractivity contribution in [1.82, 2.24) is 10.6 Å². The van der Waals surface area contributed by atoms with Gasteiger partial charge in [0.1, 0.15) is 0 Å². The molecule has 0 unspecified atom stereocenters. The first-order valence-electron chi connectivity index (χ1n) is 5.45. The third-order valence-corrected chi connectivity index (χ3v) is 2.27. The second kappa shape index (κ2) is 5.79. The maximum Gasteiger partial charge on any atom is 0.318 e. The minimum Gasteiger partial charge on any atom is -0.338 e. The average molecular weight is 212 g/mol. The predicted molar refractivity (Wildman–Crippen MR) is 64.6 cm³/mol. The first kappa shape index (κ1) is 14.0. The second-order valence-electron chi connectivity index (χ2n) is 5.33. The van der Waals surface area contributed by atoms with Crippen LogP contribution in [0.25, 0.3) is 0 Å². The molecule has 0 aliphatic rings. The van der Waals surface area contributed by atoms with Crippen molar-refractivity contribution in [3.8, 4) is 0 Å². The van der Waals surface area contributed by atoms with Gasteiger partial charge in [0.05, 0.1) is 0 Å². The maximum atomic E-state index is 11.3. The van der Waals surface area contributed by atoms with Crippen molar-refractivity contribution in [1.29, 1.82) is 0 Å². The molecule has 0 aliphatic carbocycles. The highest BCUT2D eigenvalue weighted by atomic mass is 16.2. The van der Waals surface area contributed by atoms with Gasteiger partial charge in [-0.25, -0.2) is 4.79 Å². The van der Waals surface area contributed by atoms with Crippen molar-refractivity contribution in [3.63, 3.8) is 0 Å². The van der Waals surface area contributed by atoms with E-state index in [-0.39, 0.29) is 11.4 Å². The number of carbonyl (C=O) groups is 1. The van der Waals surface area contributed by atoms with Gasteiger partial charge in [-0.2, -0.15) is 0 Å². The Balaban J connectivity index is 3.99. The minimum absolute atomic E-state index is 0.103. The van der Waals surface area contributed by atoms with Gasteiger partial charge in [-0.1, -0.05) is 40.2 Å². The van der Waals surface area contributed by atoms with Crippen LogP contribution in [-0.4, -0.2) is 12.6 Å². The summed E-state index contributed by atoms with van der Waals surface area (Å²) in [4.78, 5) is 11.3. The van der Waals surface area contributed by atoms with Crippen molar-refractivity contribution in [3.05, 3.63) is 11.8 Å². The van der Waals surface area contributed by atoms with E-state index in [9.17, 15) is 4.79 Å². The van der Waals surface area contributed by atoms with Gasteiger partial charge >= 0.3 is 6.03 Å². The lowest BCUT2D eigenvalue weighted by atomic mass is 9.88. The van der Waals surface area contributed by atoms with E-state index < -0.39 is 0 Å². The second-order valence-corrected chi connectivity index (χ2v) is 5.33. The molecule has 0 heterocycles. The van der Waals surface area contributed by atoms with Crippen LogP contribution in [0, 0.1) is 11.3 Å². The zero-order valence-corrected chi connectivity index (χ0v) is 10.8. The van der Waals surface area contributed by atoms with Crippen molar-refractivity contribution in [2.24, 2.45) is 11.3 Å². The number of nitrogens with one attached hydrogen (secondary N) is 2. The molecule has 0 bridgehead atoms. The van der Waals surface area contributed by atoms with E-state index in [0.717, 1.165) is 5.57 Å². The number of allylic oxidation sites excluding steroid dienone is 1. The minimum atomic E-state index is -0.132. The maximum absolute atomic E-state index is 11.3. The molecule has 0 aromatic carbocycles. The standard InChI is InChI=1S/C12H24N2O/c1-9(2)7-13-11(15)14-8-10(3)12(4,5)6/h8-9H,7H2,1-6H3,(H2,13,14,15)/b10-8+. The fourth-order valence-corrected chi connectivity index (χ4v) is 0.738. The van der Waals surface area contributed by atoms with Crippen LogP contribution in [0.2, 0.25) is 0 Å². The molecule has 0 atom stereocenters. The summed E-state index contributed by atoms with van der Waals surface area (Å²) in [5.74, 6) is 0.475. The Kier molecular flexibility index (Phi) is 5.40. The average Bonchev–Trinajstić information content (AvgIpc) is 2.09. The summed E-state index contributed by atoms with van der Waals surface area (Å²) in [6, 6.07) is -0.132. The zero-order valence-electron chi connectivity index (χ0n) is 10.8. The van der Waals surface area contributed by atoms with E-state index in [4.69, 9.17) is 0 Å². The topological polar surface area (TPSA) is 41.1 Å². The van der Waals surface area contributed by atoms with Gasteiger partial charge in [0.2, 0.25) is 0 Å². The van der Waals surface area contributed by atoms with Crippen molar-refractivity contribution < 1.29 is 4.79 Å². The summed E-state index contributed by atoms with van der Waals surface area (Å²) in [7, 11) is 0. The molecule has 0 rings (SSSR count). The van der Waals surface area contributed by atoms with Gasteiger partial charge in [-0.05, 0) is 18.3 Å². The van der Waals surface area contributed by atoms with Gasteiger partial charge in [0.25, 0.3) is 0 Å². The molecule has 0 spiro atoms. The Bertz CT molecular complexity index is 236. The van der Waals surface area contributed by atoms with Gasteiger partial charge in [-0.15, -0.1) is 0 Å². The third-order valence-electron chi connectivity index (χ3n) is 2.27. The van der Waals surface area contributed by atoms with Crippen LogP contribution in [-0.2, 0) is 0 Å². The Hall–Kier alpha value is -0.990. The number of urea groups is 1.